The molecule has 15 heavy (non-hydrogen) atoms. The molecule has 0 amide bonds. The molecule has 1 unspecified atom stereocenters. The van der Waals surface area contributed by atoms with Gasteiger partial charge in [-0.25, -0.2) is 4.39 Å². The Morgan fingerprint density at radius 2 is 2.20 bits per heavy atom. The minimum absolute atomic E-state index is 0.297. The van der Waals surface area contributed by atoms with Gasteiger partial charge in [-0.15, -0.1) is 0 Å². The van der Waals surface area contributed by atoms with Crippen molar-refractivity contribution in [3.05, 3.63) is 34.6 Å². The molecule has 3 heteroatoms. The Labute approximate surface area is 94.9 Å². The summed E-state index contributed by atoms with van der Waals surface area (Å²) in [6.45, 7) is 2.06. The maximum Gasteiger partial charge on any atom is 0.127 e. The van der Waals surface area contributed by atoms with Crippen molar-refractivity contribution in [3.8, 4) is 0 Å². The molecule has 0 heterocycles. The summed E-state index contributed by atoms with van der Waals surface area (Å²) in [6, 6.07) is 4.58. The molecule has 0 fully saturated rings. The molecule has 0 saturated heterocycles. The molecule has 1 rings (SSSR count). The summed E-state index contributed by atoms with van der Waals surface area (Å²) in [5.74, 6) is -0.335. The topological polar surface area (TPSA) is 20.2 Å². The van der Waals surface area contributed by atoms with Crippen LogP contribution in [0, 0.1) is 5.82 Å². The number of aliphatic hydroxyl groups excluding tert-OH is 1. The fourth-order valence-corrected chi connectivity index (χ4v) is 1.74. The summed E-state index contributed by atoms with van der Waals surface area (Å²) in [4.78, 5) is 0. The minimum Gasteiger partial charge on any atom is -0.393 e. The third kappa shape index (κ3) is 3.80. The first kappa shape index (κ1) is 12.5. The van der Waals surface area contributed by atoms with Gasteiger partial charge in [-0.2, -0.15) is 0 Å². The quantitative estimate of drug-likeness (QED) is 0.820. The van der Waals surface area contributed by atoms with Crippen LogP contribution in [0.1, 0.15) is 31.7 Å². The van der Waals surface area contributed by atoms with Crippen molar-refractivity contribution in [1.82, 2.24) is 0 Å². The predicted molar refractivity (Wildman–Crippen MR) is 60.6 cm³/mol. The van der Waals surface area contributed by atoms with Crippen LogP contribution in [0.2, 0.25) is 5.02 Å². The lowest BCUT2D eigenvalue weighted by Gasteiger charge is -2.11. The molecule has 0 saturated carbocycles. The van der Waals surface area contributed by atoms with Crippen LogP contribution in [0.15, 0.2) is 18.2 Å². The molecule has 84 valence electrons. The Balaban J connectivity index is 2.63. The fourth-order valence-electron chi connectivity index (χ4n) is 1.50. The number of hydrogen-bond donors (Lipinski definition) is 1. The van der Waals surface area contributed by atoms with E-state index in [1.165, 1.54) is 6.07 Å². The monoisotopic (exact) mass is 230 g/mol. The molecule has 0 bridgehead atoms. The zero-order chi connectivity index (χ0) is 11.3. The maximum atomic E-state index is 13.3. The number of halogens is 2. The highest BCUT2D eigenvalue weighted by Crippen LogP contribution is 2.21. The van der Waals surface area contributed by atoms with Gasteiger partial charge in [0.2, 0.25) is 0 Å². The number of hydrogen-bond acceptors (Lipinski definition) is 1. The highest BCUT2D eigenvalue weighted by molar-refractivity contribution is 6.31. The lowest BCUT2D eigenvalue weighted by molar-refractivity contribution is 0.160. The van der Waals surface area contributed by atoms with Crippen molar-refractivity contribution in [1.29, 1.82) is 0 Å². The van der Waals surface area contributed by atoms with Gasteiger partial charge in [0.1, 0.15) is 5.82 Å². The normalized spacial score (nSPS) is 12.8. The van der Waals surface area contributed by atoms with Crippen LogP contribution in [0.5, 0.6) is 0 Å². The standard InChI is InChI=1S/C12H16ClFO/c1-2-3-5-9(15)8-10-11(13)6-4-7-12(10)14/h4,6-7,9,15H,2-3,5,8H2,1H3. The summed E-state index contributed by atoms with van der Waals surface area (Å²) in [5, 5.41) is 10.1. The van der Waals surface area contributed by atoms with Crippen LogP contribution < -0.4 is 0 Å². The first-order chi connectivity index (χ1) is 7.15. The van der Waals surface area contributed by atoms with Gasteiger partial charge in [0.25, 0.3) is 0 Å². The molecule has 0 aliphatic carbocycles. The molecule has 1 aromatic carbocycles. The van der Waals surface area contributed by atoms with Crippen molar-refractivity contribution in [3.63, 3.8) is 0 Å². The number of unbranched alkanes of at least 4 members (excludes halogenated alkanes) is 1. The van der Waals surface area contributed by atoms with E-state index in [0.717, 1.165) is 12.8 Å². The van der Waals surface area contributed by atoms with Crippen LogP contribution in [-0.4, -0.2) is 11.2 Å². The SMILES string of the molecule is CCCCC(O)Cc1c(F)cccc1Cl. The zero-order valence-electron chi connectivity index (χ0n) is 8.84. The average molecular weight is 231 g/mol. The van der Waals surface area contributed by atoms with Crippen molar-refractivity contribution >= 4 is 11.6 Å². The van der Waals surface area contributed by atoms with E-state index >= 15 is 0 Å². The summed E-state index contributed by atoms with van der Waals surface area (Å²) >= 11 is 5.86. The van der Waals surface area contributed by atoms with Gasteiger partial charge in [0.15, 0.2) is 0 Å². The van der Waals surface area contributed by atoms with E-state index in [1.807, 2.05) is 0 Å². The summed E-state index contributed by atoms with van der Waals surface area (Å²) in [7, 11) is 0. The van der Waals surface area contributed by atoms with Crippen LogP contribution in [0.4, 0.5) is 4.39 Å². The van der Waals surface area contributed by atoms with E-state index in [4.69, 9.17) is 11.6 Å². The van der Waals surface area contributed by atoms with Crippen molar-refractivity contribution in [2.75, 3.05) is 0 Å². The Morgan fingerprint density at radius 1 is 1.47 bits per heavy atom. The molecule has 1 atom stereocenters. The molecule has 1 nitrogen and oxygen atoms in total. The van der Waals surface area contributed by atoms with Gasteiger partial charge >= 0.3 is 0 Å². The highest BCUT2D eigenvalue weighted by Gasteiger charge is 2.11. The van der Waals surface area contributed by atoms with Crippen molar-refractivity contribution in [2.24, 2.45) is 0 Å². The van der Waals surface area contributed by atoms with Crippen LogP contribution in [0.3, 0.4) is 0 Å². The Morgan fingerprint density at radius 3 is 2.80 bits per heavy atom. The third-order valence-electron chi connectivity index (χ3n) is 2.39. The van der Waals surface area contributed by atoms with Gasteiger partial charge in [-0.1, -0.05) is 37.4 Å². The van der Waals surface area contributed by atoms with Crippen molar-refractivity contribution < 1.29 is 9.50 Å². The van der Waals surface area contributed by atoms with Gasteiger partial charge in [0, 0.05) is 17.0 Å². The van der Waals surface area contributed by atoms with Crippen LogP contribution >= 0.6 is 11.6 Å². The molecule has 0 radical (unpaired) electrons. The third-order valence-corrected chi connectivity index (χ3v) is 2.75. The molecule has 0 spiro atoms. The second-order valence-electron chi connectivity index (χ2n) is 3.70. The number of benzene rings is 1. The Bertz CT molecular complexity index is 294. The van der Waals surface area contributed by atoms with E-state index < -0.39 is 6.10 Å². The first-order valence-electron chi connectivity index (χ1n) is 5.26. The molecule has 0 aliphatic heterocycles. The highest BCUT2D eigenvalue weighted by atomic mass is 35.5. The van der Waals surface area contributed by atoms with E-state index in [1.54, 1.807) is 12.1 Å². The average Bonchev–Trinajstić information content (AvgIpc) is 2.21. The largest absolute Gasteiger partial charge is 0.393 e. The Hall–Kier alpha value is -0.600. The van der Waals surface area contributed by atoms with Crippen molar-refractivity contribution in [2.45, 2.75) is 38.7 Å². The van der Waals surface area contributed by atoms with Gasteiger partial charge in [-0.05, 0) is 18.6 Å². The molecule has 1 aromatic rings. The van der Waals surface area contributed by atoms with Crippen LogP contribution in [-0.2, 0) is 6.42 Å². The summed E-state index contributed by atoms with van der Waals surface area (Å²) in [6.07, 6.45) is 2.47. The Kier molecular flexibility index (Phi) is 5.06. The second kappa shape index (κ2) is 6.09. The van der Waals surface area contributed by atoms with Gasteiger partial charge < -0.3 is 5.11 Å². The predicted octanol–water partition coefficient (Wildman–Crippen LogP) is 3.57. The number of rotatable bonds is 5. The molecule has 0 aliphatic rings. The summed E-state index contributed by atoms with van der Waals surface area (Å²) < 4.78 is 13.3. The van der Waals surface area contributed by atoms with Gasteiger partial charge in [-0.3, -0.25) is 0 Å². The first-order valence-corrected chi connectivity index (χ1v) is 5.64. The molecular formula is C12H16ClFO. The van der Waals surface area contributed by atoms with Crippen LogP contribution in [0.25, 0.3) is 0 Å². The molecule has 1 N–H and O–H groups in total. The van der Waals surface area contributed by atoms with E-state index in [2.05, 4.69) is 6.92 Å². The van der Waals surface area contributed by atoms with E-state index in [0.29, 0.717) is 23.4 Å². The van der Waals surface area contributed by atoms with E-state index in [-0.39, 0.29) is 5.82 Å². The zero-order valence-corrected chi connectivity index (χ0v) is 9.60. The summed E-state index contributed by atoms with van der Waals surface area (Å²) in [5.41, 5.74) is 0.419. The lowest BCUT2D eigenvalue weighted by Crippen LogP contribution is -2.11. The maximum absolute atomic E-state index is 13.3. The van der Waals surface area contributed by atoms with Gasteiger partial charge in [0.05, 0.1) is 6.10 Å². The smallest absolute Gasteiger partial charge is 0.127 e. The lowest BCUT2D eigenvalue weighted by atomic mass is 10.0. The second-order valence-corrected chi connectivity index (χ2v) is 4.11. The number of aliphatic hydroxyl groups is 1. The minimum atomic E-state index is -0.501. The fraction of sp³-hybridized carbons (Fsp3) is 0.500. The van der Waals surface area contributed by atoms with E-state index in [9.17, 15) is 9.50 Å². The molecule has 0 aromatic heterocycles. The molecular weight excluding hydrogens is 215 g/mol.